The Labute approximate surface area is 200 Å². The molecule has 2 aliphatic heterocycles. The molecular weight excluding hydrogens is 420 g/mol. The molecular formula is C30H28N2O2. The Kier molecular flexibility index (Phi) is 4.40. The lowest BCUT2D eigenvalue weighted by Gasteiger charge is -2.34. The van der Waals surface area contributed by atoms with E-state index in [-0.39, 0.29) is 0 Å². The molecule has 7 rings (SSSR count). The van der Waals surface area contributed by atoms with Crippen molar-refractivity contribution in [3.05, 3.63) is 90.1 Å². The topological polar surface area (TPSA) is 24.9 Å². The van der Waals surface area contributed by atoms with Crippen molar-refractivity contribution in [2.24, 2.45) is 17.8 Å². The van der Waals surface area contributed by atoms with Gasteiger partial charge in [-0.3, -0.25) is 0 Å². The molecule has 4 nitrogen and oxygen atoms in total. The Morgan fingerprint density at radius 3 is 2.29 bits per heavy atom. The molecule has 0 amide bonds. The lowest BCUT2D eigenvalue weighted by Crippen LogP contribution is -2.20. The third-order valence-electron chi connectivity index (χ3n) is 7.79. The normalized spacial score (nSPS) is 27.1. The maximum atomic E-state index is 6.18. The van der Waals surface area contributed by atoms with Gasteiger partial charge in [0.1, 0.15) is 0 Å². The fourth-order valence-electron chi connectivity index (χ4n) is 5.75. The fourth-order valence-corrected chi connectivity index (χ4v) is 5.75. The van der Waals surface area contributed by atoms with E-state index in [0.717, 1.165) is 40.4 Å². The van der Waals surface area contributed by atoms with Gasteiger partial charge in [-0.05, 0) is 79.1 Å². The zero-order chi connectivity index (χ0) is 22.8. The van der Waals surface area contributed by atoms with E-state index < -0.39 is 0 Å². The molecule has 2 fully saturated rings. The van der Waals surface area contributed by atoms with Gasteiger partial charge in [-0.15, -0.1) is 0 Å². The number of hydrogen-bond acceptors (Lipinski definition) is 4. The zero-order valence-corrected chi connectivity index (χ0v) is 19.5. The smallest absolute Gasteiger partial charge is 0.151 e. The first-order valence-electron chi connectivity index (χ1n) is 12.2. The van der Waals surface area contributed by atoms with Crippen LogP contribution in [0.2, 0.25) is 0 Å². The summed E-state index contributed by atoms with van der Waals surface area (Å²) in [6.45, 7) is 0. The van der Waals surface area contributed by atoms with E-state index in [4.69, 9.17) is 9.47 Å². The van der Waals surface area contributed by atoms with E-state index in [0.29, 0.717) is 12.0 Å². The van der Waals surface area contributed by atoms with Gasteiger partial charge in [-0.25, -0.2) is 0 Å². The number of para-hydroxylation sites is 4. The molecule has 0 N–H and O–H groups in total. The van der Waals surface area contributed by atoms with Crippen molar-refractivity contribution in [3.63, 3.8) is 0 Å². The van der Waals surface area contributed by atoms with E-state index in [2.05, 4.69) is 77.5 Å². The second-order valence-corrected chi connectivity index (χ2v) is 9.84. The van der Waals surface area contributed by atoms with Gasteiger partial charge in [0, 0.05) is 36.8 Å². The predicted octanol–water partition coefficient (Wildman–Crippen LogP) is 7.28. The predicted molar refractivity (Wildman–Crippen MR) is 137 cm³/mol. The van der Waals surface area contributed by atoms with Crippen molar-refractivity contribution in [1.29, 1.82) is 0 Å². The number of likely N-dealkylation sites (N-methyl/N-ethyl adjacent to an activating group) is 1. The molecule has 0 spiro atoms. The zero-order valence-electron chi connectivity index (χ0n) is 19.5. The largest absolute Gasteiger partial charge is 0.453 e. The first kappa shape index (κ1) is 19.9. The second-order valence-electron chi connectivity index (χ2n) is 9.84. The monoisotopic (exact) mass is 448 g/mol. The molecule has 4 heteroatoms. The number of ether oxygens (including phenoxy) is 2. The summed E-state index contributed by atoms with van der Waals surface area (Å²) in [5, 5.41) is 0. The van der Waals surface area contributed by atoms with Crippen molar-refractivity contribution in [2.75, 3.05) is 24.0 Å². The Morgan fingerprint density at radius 1 is 0.853 bits per heavy atom. The third kappa shape index (κ3) is 3.17. The lowest BCUT2D eigenvalue weighted by atomic mass is 10.0. The average molecular weight is 449 g/mol. The lowest BCUT2D eigenvalue weighted by molar-refractivity contribution is 0.165. The molecule has 4 aliphatic rings. The highest BCUT2D eigenvalue weighted by molar-refractivity contribution is 5.88. The Morgan fingerprint density at radius 2 is 1.59 bits per heavy atom. The van der Waals surface area contributed by atoms with Gasteiger partial charge in [-0.2, -0.15) is 0 Å². The third-order valence-corrected chi connectivity index (χ3v) is 7.79. The van der Waals surface area contributed by atoms with Crippen LogP contribution in [0.3, 0.4) is 0 Å². The summed E-state index contributed by atoms with van der Waals surface area (Å²) in [5.74, 6) is 4.03. The minimum Gasteiger partial charge on any atom is -0.453 e. The summed E-state index contributed by atoms with van der Waals surface area (Å²) in [6, 6.07) is 23.2. The minimum atomic E-state index is 0.502. The number of benzene rings is 3. The van der Waals surface area contributed by atoms with Gasteiger partial charge in [0.25, 0.3) is 0 Å². The van der Waals surface area contributed by atoms with E-state index >= 15 is 0 Å². The van der Waals surface area contributed by atoms with Crippen LogP contribution in [0.15, 0.2) is 84.6 Å². The molecule has 3 aromatic carbocycles. The van der Waals surface area contributed by atoms with E-state index in [1.807, 2.05) is 31.4 Å². The maximum absolute atomic E-state index is 6.18. The summed E-state index contributed by atoms with van der Waals surface area (Å²) in [5.41, 5.74) is 7.02. The molecule has 0 aromatic heterocycles. The summed E-state index contributed by atoms with van der Waals surface area (Å²) >= 11 is 0. The van der Waals surface area contributed by atoms with Crippen molar-refractivity contribution < 1.29 is 9.47 Å². The fraction of sp³-hybridized carbons (Fsp3) is 0.267. The van der Waals surface area contributed by atoms with Crippen LogP contribution in [0, 0.1) is 17.8 Å². The highest BCUT2D eigenvalue weighted by atomic mass is 16.5. The number of methoxy groups -OCH3 is 1. The molecule has 2 saturated carbocycles. The highest BCUT2D eigenvalue weighted by Gasteiger charge is 2.53. The number of nitrogens with zero attached hydrogens (tertiary/aromatic N) is 2. The van der Waals surface area contributed by atoms with Crippen molar-refractivity contribution in [1.82, 2.24) is 0 Å². The molecule has 34 heavy (non-hydrogen) atoms. The van der Waals surface area contributed by atoms with Crippen LogP contribution >= 0.6 is 0 Å². The maximum Gasteiger partial charge on any atom is 0.151 e. The van der Waals surface area contributed by atoms with Crippen molar-refractivity contribution in [3.8, 4) is 11.5 Å². The molecule has 4 unspecified atom stereocenters. The van der Waals surface area contributed by atoms with Crippen LogP contribution in [0.4, 0.5) is 22.7 Å². The summed E-state index contributed by atoms with van der Waals surface area (Å²) in [7, 11) is 4.02. The highest BCUT2D eigenvalue weighted by Crippen LogP contribution is 2.56. The average Bonchev–Trinajstić information content (AvgIpc) is 3.79. The van der Waals surface area contributed by atoms with Crippen LogP contribution in [0.1, 0.15) is 18.4 Å². The molecule has 4 atom stereocenters. The van der Waals surface area contributed by atoms with Gasteiger partial charge in [-0.1, -0.05) is 36.4 Å². The van der Waals surface area contributed by atoms with Crippen molar-refractivity contribution >= 4 is 28.8 Å². The SMILES string of the molecule is COC1CC1C1CC1/C=C1\C=Cc2cc(N3c4ccccc4Oc4ccccc43)ccc2N1C. The van der Waals surface area contributed by atoms with Crippen LogP contribution < -0.4 is 14.5 Å². The molecule has 0 bridgehead atoms. The Bertz CT molecular complexity index is 1300. The molecule has 2 aliphatic carbocycles. The quantitative estimate of drug-likeness (QED) is 0.327. The van der Waals surface area contributed by atoms with Crippen LogP contribution in [0.25, 0.3) is 6.08 Å². The minimum absolute atomic E-state index is 0.502. The summed E-state index contributed by atoms with van der Waals surface area (Å²) < 4.78 is 11.7. The molecule has 3 aromatic rings. The summed E-state index contributed by atoms with van der Waals surface area (Å²) in [6.07, 6.45) is 10.0. The van der Waals surface area contributed by atoms with Gasteiger partial charge in [0.15, 0.2) is 11.5 Å². The second kappa shape index (κ2) is 7.51. The van der Waals surface area contributed by atoms with Crippen LogP contribution in [-0.2, 0) is 4.74 Å². The number of allylic oxidation sites excluding steroid dienone is 2. The van der Waals surface area contributed by atoms with Gasteiger partial charge in [0.05, 0.1) is 17.5 Å². The molecule has 0 saturated heterocycles. The Balaban J connectivity index is 1.20. The molecule has 0 radical (unpaired) electrons. The first-order valence-corrected chi connectivity index (χ1v) is 12.2. The molecule has 2 heterocycles. The van der Waals surface area contributed by atoms with E-state index in [1.54, 1.807) is 0 Å². The van der Waals surface area contributed by atoms with Crippen LogP contribution in [-0.4, -0.2) is 20.3 Å². The number of hydrogen-bond donors (Lipinski definition) is 0. The standard InChI is InChI=1S/C30H28N2O2/c1-31-21(16-20-17-23(20)24-18-30(24)33-2)12-11-19-15-22(13-14-25(19)31)32-26-7-3-5-9-28(26)34-29-10-6-4-8-27(29)32/h3-16,20,23-24,30H,17-18H2,1-2H3/b21-16+. The summed E-state index contributed by atoms with van der Waals surface area (Å²) in [4.78, 5) is 4.63. The van der Waals surface area contributed by atoms with Crippen LogP contribution in [0.5, 0.6) is 11.5 Å². The van der Waals surface area contributed by atoms with Crippen molar-refractivity contribution in [2.45, 2.75) is 18.9 Å². The molecule has 170 valence electrons. The van der Waals surface area contributed by atoms with Gasteiger partial charge >= 0.3 is 0 Å². The number of rotatable bonds is 4. The Hall–Kier alpha value is -3.50. The van der Waals surface area contributed by atoms with Gasteiger partial charge < -0.3 is 19.3 Å². The van der Waals surface area contributed by atoms with E-state index in [9.17, 15) is 0 Å². The number of fused-ring (bicyclic) bond motifs is 3. The number of anilines is 4. The van der Waals surface area contributed by atoms with Gasteiger partial charge in [0.2, 0.25) is 0 Å². The first-order chi connectivity index (χ1) is 16.7. The van der Waals surface area contributed by atoms with E-state index in [1.165, 1.54) is 29.8 Å².